The quantitative estimate of drug-likeness (QED) is 0.681. The highest BCUT2D eigenvalue weighted by Gasteiger charge is 2.04. The molecule has 0 heterocycles. The molecule has 0 aromatic heterocycles. The van der Waals surface area contributed by atoms with Gasteiger partial charge in [-0.3, -0.25) is 0 Å². The Labute approximate surface area is 147 Å². The van der Waals surface area contributed by atoms with Crippen LogP contribution in [0.4, 0.5) is 0 Å². The number of benzene rings is 3. The zero-order chi connectivity index (χ0) is 17.5. The van der Waals surface area contributed by atoms with E-state index in [1.54, 1.807) is 0 Å². The van der Waals surface area contributed by atoms with E-state index in [9.17, 15) is 0 Å². The zero-order valence-corrected chi connectivity index (χ0v) is 13.8. The summed E-state index contributed by atoms with van der Waals surface area (Å²) in [5.41, 5.74) is 6.81. The van der Waals surface area contributed by atoms with Gasteiger partial charge < -0.3 is 20.3 Å². The first-order valence-corrected chi connectivity index (χ1v) is 8.19. The van der Waals surface area contributed by atoms with Crippen molar-refractivity contribution in [3.05, 3.63) is 84.4 Å². The number of aliphatic hydroxyl groups is 1. The standard InChI is InChI=1S/C21H21NO3/c22-17(15-23)14-16-6-8-19(9-7-16)25-21-12-10-20(11-13-21)24-18-4-2-1-3-5-18/h1-13,17,23H,14-15,22H2/t17-/m0/s1. The fourth-order valence-electron chi connectivity index (χ4n) is 2.40. The number of para-hydroxylation sites is 1. The van der Waals surface area contributed by atoms with Gasteiger partial charge in [0, 0.05) is 6.04 Å². The molecule has 128 valence electrons. The van der Waals surface area contributed by atoms with Gasteiger partial charge in [-0.05, 0) is 60.5 Å². The van der Waals surface area contributed by atoms with Crippen LogP contribution in [0.5, 0.6) is 23.0 Å². The molecule has 0 spiro atoms. The van der Waals surface area contributed by atoms with E-state index in [1.165, 1.54) is 0 Å². The molecule has 25 heavy (non-hydrogen) atoms. The van der Waals surface area contributed by atoms with Crippen molar-refractivity contribution in [2.45, 2.75) is 12.5 Å². The summed E-state index contributed by atoms with van der Waals surface area (Å²) >= 11 is 0. The Balaban J connectivity index is 1.59. The molecule has 0 aliphatic carbocycles. The lowest BCUT2D eigenvalue weighted by Crippen LogP contribution is -2.26. The van der Waals surface area contributed by atoms with Crippen LogP contribution in [0.2, 0.25) is 0 Å². The van der Waals surface area contributed by atoms with Crippen LogP contribution in [0.25, 0.3) is 0 Å². The second kappa shape index (κ2) is 8.33. The van der Waals surface area contributed by atoms with Gasteiger partial charge in [-0.25, -0.2) is 0 Å². The van der Waals surface area contributed by atoms with E-state index in [-0.39, 0.29) is 12.6 Å². The average molecular weight is 335 g/mol. The molecule has 0 saturated carbocycles. The minimum atomic E-state index is -0.232. The number of hydrogen-bond donors (Lipinski definition) is 2. The largest absolute Gasteiger partial charge is 0.457 e. The Bertz CT molecular complexity index is 771. The molecule has 3 rings (SSSR count). The molecule has 0 fully saturated rings. The van der Waals surface area contributed by atoms with E-state index < -0.39 is 0 Å². The Kier molecular flexibility index (Phi) is 5.67. The van der Waals surface area contributed by atoms with E-state index in [4.69, 9.17) is 20.3 Å². The van der Waals surface area contributed by atoms with Gasteiger partial charge in [-0.15, -0.1) is 0 Å². The summed E-state index contributed by atoms with van der Waals surface area (Å²) in [6.07, 6.45) is 0.641. The SMILES string of the molecule is N[C@H](CO)Cc1ccc(Oc2ccc(Oc3ccccc3)cc2)cc1. The van der Waals surface area contributed by atoms with Gasteiger partial charge in [-0.1, -0.05) is 30.3 Å². The summed E-state index contributed by atoms with van der Waals surface area (Å²) < 4.78 is 11.6. The average Bonchev–Trinajstić information content (AvgIpc) is 2.66. The smallest absolute Gasteiger partial charge is 0.127 e. The molecule has 3 aromatic rings. The first kappa shape index (κ1) is 17.0. The van der Waals surface area contributed by atoms with Crippen LogP contribution in [0.15, 0.2) is 78.9 Å². The third kappa shape index (κ3) is 5.08. The van der Waals surface area contributed by atoms with Crippen LogP contribution < -0.4 is 15.2 Å². The molecule has 3 N–H and O–H groups in total. The molecule has 3 aromatic carbocycles. The maximum atomic E-state index is 9.00. The zero-order valence-electron chi connectivity index (χ0n) is 13.8. The van der Waals surface area contributed by atoms with E-state index in [1.807, 2.05) is 78.9 Å². The Hall–Kier alpha value is -2.82. The number of nitrogens with two attached hydrogens (primary N) is 1. The van der Waals surface area contributed by atoms with Crippen molar-refractivity contribution >= 4 is 0 Å². The minimum Gasteiger partial charge on any atom is -0.457 e. The summed E-state index contributed by atoms with van der Waals surface area (Å²) in [7, 11) is 0. The van der Waals surface area contributed by atoms with Crippen LogP contribution in [0, 0.1) is 0 Å². The fourth-order valence-corrected chi connectivity index (χ4v) is 2.40. The van der Waals surface area contributed by atoms with Crippen molar-refractivity contribution in [1.82, 2.24) is 0 Å². The third-order valence-corrected chi connectivity index (χ3v) is 3.69. The molecule has 0 aliphatic rings. The predicted octanol–water partition coefficient (Wildman–Crippen LogP) is 4.13. The second-order valence-electron chi connectivity index (χ2n) is 5.78. The van der Waals surface area contributed by atoms with E-state index in [0.29, 0.717) is 6.42 Å². The highest BCUT2D eigenvalue weighted by atomic mass is 16.5. The summed E-state index contributed by atoms with van der Waals surface area (Å²) in [5, 5.41) is 9.00. The van der Waals surface area contributed by atoms with Crippen LogP contribution in [-0.2, 0) is 6.42 Å². The third-order valence-electron chi connectivity index (χ3n) is 3.69. The van der Waals surface area contributed by atoms with Crippen molar-refractivity contribution in [2.24, 2.45) is 5.73 Å². The molecule has 0 unspecified atom stereocenters. The molecular weight excluding hydrogens is 314 g/mol. The van der Waals surface area contributed by atoms with Crippen LogP contribution in [0.1, 0.15) is 5.56 Å². The number of hydrogen-bond acceptors (Lipinski definition) is 4. The number of aliphatic hydroxyl groups excluding tert-OH is 1. The molecule has 0 radical (unpaired) electrons. The van der Waals surface area contributed by atoms with Crippen LogP contribution in [0.3, 0.4) is 0 Å². The molecular formula is C21H21NO3. The van der Waals surface area contributed by atoms with Crippen LogP contribution in [-0.4, -0.2) is 17.8 Å². The van der Waals surface area contributed by atoms with Gasteiger partial charge in [0.2, 0.25) is 0 Å². The van der Waals surface area contributed by atoms with Gasteiger partial charge >= 0.3 is 0 Å². The summed E-state index contributed by atoms with van der Waals surface area (Å²) in [5.74, 6) is 3.04. The molecule has 4 nitrogen and oxygen atoms in total. The van der Waals surface area contributed by atoms with Crippen molar-refractivity contribution in [2.75, 3.05) is 6.61 Å². The van der Waals surface area contributed by atoms with Crippen molar-refractivity contribution in [3.8, 4) is 23.0 Å². The number of rotatable bonds is 7. The second-order valence-corrected chi connectivity index (χ2v) is 5.78. The summed E-state index contributed by atoms with van der Waals surface area (Å²) in [4.78, 5) is 0. The van der Waals surface area contributed by atoms with Crippen LogP contribution >= 0.6 is 0 Å². The first-order valence-electron chi connectivity index (χ1n) is 8.19. The monoisotopic (exact) mass is 335 g/mol. The lowest BCUT2D eigenvalue weighted by molar-refractivity contribution is 0.265. The first-order chi connectivity index (χ1) is 12.2. The summed E-state index contributed by atoms with van der Waals surface area (Å²) in [6.45, 7) is -0.0182. The lowest BCUT2D eigenvalue weighted by atomic mass is 10.1. The molecule has 0 saturated heterocycles. The van der Waals surface area contributed by atoms with Gasteiger partial charge in [0.1, 0.15) is 23.0 Å². The normalized spacial score (nSPS) is 11.8. The van der Waals surface area contributed by atoms with Crippen molar-refractivity contribution in [1.29, 1.82) is 0 Å². The predicted molar refractivity (Wildman–Crippen MR) is 98.2 cm³/mol. The van der Waals surface area contributed by atoms with Gasteiger partial charge in [-0.2, -0.15) is 0 Å². The van der Waals surface area contributed by atoms with Gasteiger partial charge in [0.05, 0.1) is 6.61 Å². The maximum absolute atomic E-state index is 9.00. The Morgan fingerprint density at radius 2 is 1.12 bits per heavy atom. The van der Waals surface area contributed by atoms with E-state index >= 15 is 0 Å². The number of ether oxygens (including phenoxy) is 2. The topological polar surface area (TPSA) is 64.7 Å². The Morgan fingerprint density at radius 3 is 1.60 bits per heavy atom. The molecule has 0 aliphatic heterocycles. The van der Waals surface area contributed by atoms with E-state index in [2.05, 4.69) is 0 Å². The van der Waals surface area contributed by atoms with Crippen molar-refractivity contribution in [3.63, 3.8) is 0 Å². The van der Waals surface area contributed by atoms with Gasteiger partial charge in [0.15, 0.2) is 0 Å². The minimum absolute atomic E-state index is 0.0182. The van der Waals surface area contributed by atoms with Crippen molar-refractivity contribution < 1.29 is 14.6 Å². The highest BCUT2D eigenvalue weighted by Crippen LogP contribution is 2.26. The molecule has 0 amide bonds. The summed E-state index contributed by atoms with van der Waals surface area (Å²) in [6, 6.07) is 24.6. The van der Waals surface area contributed by atoms with E-state index in [0.717, 1.165) is 28.6 Å². The fraction of sp³-hybridized carbons (Fsp3) is 0.143. The Morgan fingerprint density at radius 1 is 0.680 bits per heavy atom. The lowest BCUT2D eigenvalue weighted by Gasteiger charge is -2.10. The van der Waals surface area contributed by atoms with Gasteiger partial charge in [0.25, 0.3) is 0 Å². The highest BCUT2D eigenvalue weighted by molar-refractivity contribution is 5.38. The molecule has 1 atom stereocenters. The maximum Gasteiger partial charge on any atom is 0.127 e. The molecule has 4 heteroatoms. The molecule has 0 bridgehead atoms.